The van der Waals surface area contributed by atoms with Gasteiger partial charge in [-0.25, -0.2) is 0 Å². The van der Waals surface area contributed by atoms with Crippen molar-refractivity contribution in [3.63, 3.8) is 0 Å². The van der Waals surface area contributed by atoms with Crippen molar-refractivity contribution in [1.82, 2.24) is 19.6 Å². The van der Waals surface area contributed by atoms with Crippen LogP contribution in [0, 0.1) is 11.8 Å². The standard InChI is InChI=1S/C34H23N5O/c40-33(35-26-15-5-2-6-16-26)34(24-23-25-13-3-1-4-14-25,39-32-22-12-9-19-29(32)36-37-39)38-30-20-10-7-17-27(30)28-18-8-11-21-31(28)38/h1-22H,(H,35,40). The number of para-hydroxylation sites is 4. The predicted octanol–water partition coefficient (Wildman–Crippen LogP) is 6.43. The fourth-order valence-corrected chi connectivity index (χ4v) is 5.26. The first-order valence-corrected chi connectivity index (χ1v) is 13.0. The molecule has 0 saturated heterocycles. The Morgan fingerprint density at radius 1 is 0.650 bits per heavy atom. The molecule has 0 radical (unpaired) electrons. The first kappa shape index (κ1) is 23.4. The Bertz CT molecular complexity index is 2010. The molecule has 190 valence electrons. The molecule has 6 heteroatoms. The molecule has 2 aromatic heterocycles. The molecular weight excluding hydrogens is 494 g/mol. The topological polar surface area (TPSA) is 64.7 Å². The van der Waals surface area contributed by atoms with Gasteiger partial charge in [0.1, 0.15) is 5.52 Å². The smallest absolute Gasteiger partial charge is 0.286 e. The van der Waals surface area contributed by atoms with Crippen LogP contribution in [-0.4, -0.2) is 25.5 Å². The number of nitrogens with one attached hydrogen (secondary N) is 1. The van der Waals surface area contributed by atoms with Gasteiger partial charge in [0.2, 0.25) is 0 Å². The van der Waals surface area contributed by atoms with Crippen LogP contribution in [0.25, 0.3) is 32.8 Å². The average molecular weight is 518 g/mol. The Balaban J connectivity index is 1.64. The highest BCUT2D eigenvalue weighted by atomic mass is 16.2. The van der Waals surface area contributed by atoms with Crippen molar-refractivity contribution >= 4 is 44.4 Å². The lowest BCUT2D eigenvalue weighted by Gasteiger charge is -2.31. The molecular formula is C34H23N5O. The van der Waals surface area contributed by atoms with Crippen LogP contribution in [0.4, 0.5) is 5.69 Å². The summed E-state index contributed by atoms with van der Waals surface area (Å²) in [6, 6.07) is 42.8. The van der Waals surface area contributed by atoms with E-state index in [0.717, 1.165) is 27.4 Å². The zero-order valence-corrected chi connectivity index (χ0v) is 21.4. The van der Waals surface area contributed by atoms with E-state index in [9.17, 15) is 4.79 Å². The van der Waals surface area contributed by atoms with Gasteiger partial charge in [-0.05, 0) is 54.5 Å². The highest BCUT2D eigenvalue weighted by molar-refractivity contribution is 6.11. The molecule has 0 aliphatic rings. The maximum atomic E-state index is 14.9. The molecule has 0 fully saturated rings. The Kier molecular flexibility index (Phi) is 5.61. The van der Waals surface area contributed by atoms with Crippen molar-refractivity contribution in [3.05, 3.63) is 139 Å². The lowest BCUT2D eigenvalue weighted by Crippen LogP contribution is -2.51. The van der Waals surface area contributed by atoms with Gasteiger partial charge in [-0.15, -0.1) is 5.10 Å². The fourth-order valence-electron chi connectivity index (χ4n) is 5.26. The van der Waals surface area contributed by atoms with Gasteiger partial charge in [0.25, 0.3) is 11.6 Å². The summed E-state index contributed by atoms with van der Waals surface area (Å²) >= 11 is 0. The van der Waals surface area contributed by atoms with Gasteiger partial charge in [0.05, 0.1) is 16.6 Å². The Labute approximate surface area is 230 Å². The van der Waals surface area contributed by atoms with Crippen LogP contribution in [-0.2, 0) is 10.5 Å². The highest BCUT2D eigenvalue weighted by Crippen LogP contribution is 2.37. The first-order chi connectivity index (χ1) is 19.8. The van der Waals surface area contributed by atoms with Gasteiger partial charge >= 0.3 is 0 Å². The summed E-state index contributed by atoms with van der Waals surface area (Å²) in [6.07, 6.45) is 0. The normalized spacial score (nSPS) is 12.6. The molecule has 6 nitrogen and oxygen atoms in total. The Morgan fingerprint density at radius 3 is 1.88 bits per heavy atom. The number of nitrogens with zero attached hydrogens (tertiary/aromatic N) is 4. The van der Waals surface area contributed by atoms with E-state index in [2.05, 4.69) is 39.6 Å². The number of carbonyl (C=O) groups excluding carboxylic acids is 1. The maximum Gasteiger partial charge on any atom is 0.286 e. The second-order valence-electron chi connectivity index (χ2n) is 9.47. The van der Waals surface area contributed by atoms with Crippen LogP contribution in [0.15, 0.2) is 133 Å². The zero-order chi connectivity index (χ0) is 26.9. The van der Waals surface area contributed by atoms with Crippen molar-refractivity contribution in [2.75, 3.05) is 5.32 Å². The molecule has 0 aliphatic heterocycles. The second-order valence-corrected chi connectivity index (χ2v) is 9.47. The molecule has 0 aliphatic carbocycles. The van der Waals surface area contributed by atoms with Crippen LogP contribution in [0.2, 0.25) is 0 Å². The van der Waals surface area contributed by atoms with Crippen LogP contribution < -0.4 is 5.32 Å². The van der Waals surface area contributed by atoms with E-state index in [1.807, 2.05) is 126 Å². The van der Waals surface area contributed by atoms with Crippen molar-refractivity contribution in [2.45, 2.75) is 5.66 Å². The molecule has 2 heterocycles. The van der Waals surface area contributed by atoms with Crippen molar-refractivity contribution in [3.8, 4) is 11.8 Å². The van der Waals surface area contributed by atoms with Crippen molar-refractivity contribution in [2.24, 2.45) is 0 Å². The third kappa shape index (κ3) is 3.72. The minimum Gasteiger partial charge on any atom is -0.321 e. The van der Waals surface area contributed by atoms with Gasteiger partial charge in [0.15, 0.2) is 0 Å². The summed E-state index contributed by atoms with van der Waals surface area (Å²) in [5.74, 6) is 6.36. The molecule has 7 rings (SSSR count). The number of hydrogen-bond donors (Lipinski definition) is 1. The van der Waals surface area contributed by atoms with E-state index < -0.39 is 5.66 Å². The van der Waals surface area contributed by atoms with E-state index in [4.69, 9.17) is 0 Å². The molecule has 1 N–H and O–H groups in total. The number of carbonyl (C=O) groups is 1. The highest BCUT2D eigenvalue weighted by Gasteiger charge is 2.45. The van der Waals surface area contributed by atoms with E-state index in [-0.39, 0.29) is 5.91 Å². The second kappa shape index (κ2) is 9.57. The zero-order valence-electron chi connectivity index (χ0n) is 21.4. The fraction of sp³-hybridized carbons (Fsp3) is 0.0294. The minimum atomic E-state index is -1.65. The summed E-state index contributed by atoms with van der Waals surface area (Å²) in [4.78, 5) is 14.9. The molecule has 1 atom stereocenters. The lowest BCUT2D eigenvalue weighted by atomic mass is 10.1. The third-order valence-electron chi connectivity index (χ3n) is 7.07. The number of benzene rings is 5. The van der Waals surface area contributed by atoms with Gasteiger partial charge < -0.3 is 5.32 Å². The Hall–Kier alpha value is -5.67. The lowest BCUT2D eigenvalue weighted by molar-refractivity contribution is -0.123. The van der Waals surface area contributed by atoms with Crippen LogP contribution in [0.3, 0.4) is 0 Å². The summed E-state index contributed by atoms with van der Waals surface area (Å²) in [5, 5.41) is 14.2. The molecule has 1 amide bonds. The van der Waals surface area contributed by atoms with Crippen molar-refractivity contribution in [1.29, 1.82) is 0 Å². The Morgan fingerprint density at radius 2 is 1.20 bits per heavy atom. The maximum absolute atomic E-state index is 14.9. The SMILES string of the molecule is O=C(Nc1ccccc1)C(C#Cc1ccccc1)(n1nnc2ccccc21)n1c2ccccc2c2ccccc21. The number of hydrogen-bond acceptors (Lipinski definition) is 3. The average Bonchev–Trinajstić information content (AvgIpc) is 3.59. The quantitative estimate of drug-likeness (QED) is 0.274. The monoisotopic (exact) mass is 517 g/mol. The number of anilines is 1. The molecule has 5 aromatic carbocycles. The van der Waals surface area contributed by atoms with E-state index >= 15 is 0 Å². The molecule has 7 aromatic rings. The van der Waals surface area contributed by atoms with Gasteiger partial charge in [-0.2, -0.15) is 4.68 Å². The molecule has 1 unspecified atom stereocenters. The summed E-state index contributed by atoms with van der Waals surface area (Å²) in [7, 11) is 0. The summed E-state index contributed by atoms with van der Waals surface area (Å²) < 4.78 is 3.64. The van der Waals surface area contributed by atoms with Gasteiger partial charge in [-0.1, -0.05) is 96.1 Å². The van der Waals surface area contributed by atoms with Gasteiger partial charge in [-0.3, -0.25) is 9.36 Å². The molecule has 0 bridgehead atoms. The molecule has 0 saturated carbocycles. The third-order valence-corrected chi connectivity index (χ3v) is 7.07. The number of fused-ring (bicyclic) bond motifs is 4. The number of rotatable bonds is 4. The summed E-state index contributed by atoms with van der Waals surface area (Å²) in [6.45, 7) is 0. The number of aromatic nitrogens is 4. The molecule has 40 heavy (non-hydrogen) atoms. The predicted molar refractivity (Wildman–Crippen MR) is 159 cm³/mol. The van der Waals surface area contributed by atoms with E-state index in [1.54, 1.807) is 4.68 Å². The van der Waals surface area contributed by atoms with E-state index in [0.29, 0.717) is 16.7 Å². The largest absolute Gasteiger partial charge is 0.321 e. The van der Waals surface area contributed by atoms with E-state index in [1.165, 1.54) is 0 Å². The van der Waals surface area contributed by atoms with Crippen LogP contribution >= 0.6 is 0 Å². The minimum absolute atomic E-state index is 0.357. The van der Waals surface area contributed by atoms with Crippen LogP contribution in [0.5, 0.6) is 0 Å². The number of amides is 1. The molecule has 0 spiro atoms. The van der Waals surface area contributed by atoms with Crippen molar-refractivity contribution < 1.29 is 4.79 Å². The van der Waals surface area contributed by atoms with Crippen LogP contribution in [0.1, 0.15) is 5.56 Å². The van der Waals surface area contributed by atoms with Gasteiger partial charge in [0, 0.05) is 22.0 Å². The first-order valence-electron chi connectivity index (χ1n) is 13.0. The summed E-state index contributed by atoms with van der Waals surface area (Å²) in [5.41, 5.74) is 2.86.